The van der Waals surface area contributed by atoms with Gasteiger partial charge in [-0.1, -0.05) is 39.5 Å². The quantitative estimate of drug-likeness (QED) is 0.656. The molecule has 1 aromatic rings. The molecule has 20 heavy (non-hydrogen) atoms. The number of ether oxygens (including phenoxy) is 1. The number of esters is 1. The summed E-state index contributed by atoms with van der Waals surface area (Å²) in [5.41, 5.74) is 0. The average Bonchev–Trinajstić information content (AvgIpc) is 2.98. The number of hydrogen-bond donors (Lipinski definition) is 2. The van der Waals surface area contributed by atoms with Crippen LogP contribution in [0.5, 0.6) is 0 Å². The van der Waals surface area contributed by atoms with Crippen molar-refractivity contribution in [3.63, 3.8) is 0 Å². The molecule has 1 rings (SSSR count). The number of nitrogens with zero attached hydrogens (tertiary/aromatic N) is 1. The molecule has 1 heterocycles. The Kier molecular flexibility index (Phi) is 41.3. The predicted octanol–water partition coefficient (Wildman–Crippen LogP) is 2.35. The van der Waals surface area contributed by atoms with E-state index in [0.717, 1.165) is 7.11 Å². The fourth-order valence-electron chi connectivity index (χ4n) is 0.918. The Morgan fingerprint density at radius 3 is 1.80 bits per heavy atom. The number of imidazole rings is 1. The van der Waals surface area contributed by atoms with Crippen molar-refractivity contribution in [3.05, 3.63) is 18.7 Å². The molecule has 0 aliphatic heterocycles. The van der Waals surface area contributed by atoms with E-state index in [2.05, 4.69) is 28.6 Å². The Balaban J connectivity index is -0.0000000883. The topological polar surface area (TPSA) is 107 Å². The molecule has 0 spiro atoms. The fraction of sp³-hybridized carbons (Fsp3) is 0.714. The van der Waals surface area contributed by atoms with Crippen LogP contribution in [0.2, 0.25) is 0 Å². The van der Waals surface area contributed by atoms with E-state index in [1.165, 1.54) is 32.6 Å². The molecule has 0 saturated carbocycles. The molecule has 0 aliphatic rings. The number of rotatable bonds is 4. The number of aliphatic hydroxyl groups excluding tert-OH is 1. The van der Waals surface area contributed by atoms with Crippen molar-refractivity contribution in [1.29, 1.82) is 0 Å². The number of hydrogen-bond acceptors (Lipinski definition) is 4. The van der Waals surface area contributed by atoms with Crippen LogP contribution in [0.1, 0.15) is 53.4 Å². The van der Waals surface area contributed by atoms with Gasteiger partial charge in [0.25, 0.3) is 0 Å². The van der Waals surface area contributed by atoms with Crippen molar-refractivity contribution in [2.45, 2.75) is 53.4 Å². The highest BCUT2D eigenvalue weighted by Crippen LogP contribution is 1.95. The summed E-state index contributed by atoms with van der Waals surface area (Å²) < 4.78 is 4.40. The van der Waals surface area contributed by atoms with Crippen molar-refractivity contribution in [1.82, 2.24) is 9.97 Å². The van der Waals surface area contributed by atoms with E-state index in [-0.39, 0.29) is 11.4 Å². The third-order valence-electron chi connectivity index (χ3n) is 1.71. The second-order valence-electron chi connectivity index (χ2n) is 3.39. The molecule has 0 aromatic carbocycles. The molecule has 0 amide bonds. The van der Waals surface area contributed by atoms with Gasteiger partial charge in [-0.15, -0.1) is 0 Å². The van der Waals surface area contributed by atoms with E-state index in [0.29, 0.717) is 6.61 Å². The molecule has 0 atom stereocenters. The smallest absolute Gasteiger partial charge is 0.302 e. The Hall–Kier alpha value is -1.40. The molecule has 0 radical (unpaired) electrons. The highest BCUT2D eigenvalue weighted by Gasteiger charge is 1.81. The molecule has 0 saturated heterocycles. The molecule has 0 bridgehead atoms. The van der Waals surface area contributed by atoms with Crippen LogP contribution >= 0.6 is 0 Å². The van der Waals surface area contributed by atoms with Gasteiger partial charge in [-0.25, -0.2) is 4.98 Å². The molecule has 6 heteroatoms. The SMILES string of the molecule is CCCCCC.CCOC(C)=O.CO.O.c1c[nH]cn1. The van der Waals surface area contributed by atoms with Crippen molar-refractivity contribution in [2.75, 3.05) is 13.7 Å². The van der Waals surface area contributed by atoms with Crippen LogP contribution in [0.4, 0.5) is 0 Å². The molecule has 6 nitrogen and oxygen atoms in total. The first-order chi connectivity index (χ1) is 9.18. The van der Waals surface area contributed by atoms with Gasteiger partial charge in [-0.2, -0.15) is 0 Å². The number of nitrogens with one attached hydrogen (secondary N) is 1. The molecular weight excluding hydrogens is 260 g/mol. The van der Waals surface area contributed by atoms with Crippen LogP contribution < -0.4 is 0 Å². The van der Waals surface area contributed by atoms with Crippen molar-refractivity contribution in [2.24, 2.45) is 0 Å². The van der Waals surface area contributed by atoms with E-state index < -0.39 is 0 Å². The summed E-state index contributed by atoms with van der Waals surface area (Å²) in [6, 6.07) is 0. The van der Waals surface area contributed by atoms with Crippen LogP contribution in [-0.2, 0) is 9.53 Å². The van der Waals surface area contributed by atoms with Crippen molar-refractivity contribution >= 4 is 5.97 Å². The van der Waals surface area contributed by atoms with Gasteiger partial charge in [0.05, 0.1) is 12.9 Å². The van der Waals surface area contributed by atoms with E-state index in [1.54, 1.807) is 25.6 Å². The summed E-state index contributed by atoms with van der Waals surface area (Å²) in [5.74, 6) is -0.211. The number of carbonyl (C=O) groups excluding carboxylic acids is 1. The van der Waals surface area contributed by atoms with E-state index in [9.17, 15) is 4.79 Å². The zero-order valence-corrected chi connectivity index (χ0v) is 13.5. The first kappa shape index (κ1) is 27.0. The number of unbranched alkanes of at least 4 members (excludes halogenated alkanes) is 3. The minimum atomic E-state index is -0.211. The van der Waals surface area contributed by atoms with Gasteiger partial charge >= 0.3 is 5.97 Å². The number of aromatic nitrogens is 2. The molecule has 1 aromatic heterocycles. The number of H-pyrrole nitrogens is 1. The fourth-order valence-corrected chi connectivity index (χ4v) is 0.918. The van der Waals surface area contributed by atoms with Crippen LogP contribution in [0.25, 0.3) is 0 Å². The molecule has 4 N–H and O–H groups in total. The summed E-state index contributed by atoms with van der Waals surface area (Å²) in [7, 11) is 1.00. The van der Waals surface area contributed by atoms with Gasteiger partial charge < -0.3 is 20.3 Å². The minimum absolute atomic E-state index is 0. The molecular formula is C14H32N2O4. The molecule has 0 aliphatic carbocycles. The Morgan fingerprint density at radius 2 is 1.70 bits per heavy atom. The summed E-state index contributed by atoms with van der Waals surface area (Å²) >= 11 is 0. The van der Waals surface area contributed by atoms with Gasteiger partial charge in [0.15, 0.2) is 0 Å². The van der Waals surface area contributed by atoms with Crippen LogP contribution in [0, 0.1) is 0 Å². The van der Waals surface area contributed by atoms with Gasteiger partial charge in [0.1, 0.15) is 0 Å². The maximum Gasteiger partial charge on any atom is 0.302 e. The average molecular weight is 292 g/mol. The van der Waals surface area contributed by atoms with Gasteiger partial charge in [-0.3, -0.25) is 4.79 Å². The zero-order valence-electron chi connectivity index (χ0n) is 13.5. The maximum atomic E-state index is 9.82. The second-order valence-corrected chi connectivity index (χ2v) is 3.39. The van der Waals surface area contributed by atoms with Crippen molar-refractivity contribution < 1.29 is 20.1 Å². The molecule has 122 valence electrons. The Bertz CT molecular complexity index is 208. The summed E-state index contributed by atoms with van der Waals surface area (Å²) in [4.78, 5) is 16.2. The lowest BCUT2D eigenvalue weighted by Gasteiger charge is -1.89. The molecule has 0 unspecified atom stereocenters. The first-order valence-electron chi connectivity index (χ1n) is 6.69. The maximum absolute atomic E-state index is 9.82. The number of carbonyl (C=O) groups is 1. The predicted molar refractivity (Wildman–Crippen MR) is 82.5 cm³/mol. The third-order valence-corrected chi connectivity index (χ3v) is 1.71. The lowest BCUT2D eigenvalue weighted by atomic mass is 10.2. The largest absolute Gasteiger partial charge is 0.466 e. The number of aromatic amines is 1. The molecule has 0 fully saturated rings. The zero-order chi connectivity index (χ0) is 15.4. The number of aliphatic hydroxyl groups is 1. The van der Waals surface area contributed by atoms with Crippen molar-refractivity contribution in [3.8, 4) is 0 Å². The van der Waals surface area contributed by atoms with Gasteiger partial charge in [-0.05, 0) is 6.92 Å². The Morgan fingerprint density at radius 1 is 1.20 bits per heavy atom. The van der Waals surface area contributed by atoms with Crippen LogP contribution in [0.15, 0.2) is 18.7 Å². The third kappa shape index (κ3) is 43.8. The van der Waals surface area contributed by atoms with E-state index in [4.69, 9.17) is 5.11 Å². The lowest BCUT2D eigenvalue weighted by molar-refractivity contribution is -0.140. The minimum Gasteiger partial charge on any atom is -0.466 e. The summed E-state index contributed by atoms with van der Waals surface area (Å²) in [6.45, 7) is 8.12. The second kappa shape index (κ2) is 30.5. The van der Waals surface area contributed by atoms with Crippen LogP contribution in [-0.4, -0.2) is 40.2 Å². The van der Waals surface area contributed by atoms with Gasteiger partial charge in [0.2, 0.25) is 0 Å². The summed E-state index contributed by atoms with van der Waals surface area (Å²) in [5, 5.41) is 7.00. The normalized spacial score (nSPS) is 7.30. The highest BCUT2D eigenvalue weighted by molar-refractivity contribution is 5.65. The van der Waals surface area contributed by atoms with E-state index >= 15 is 0 Å². The monoisotopic (exact) mass is 292 g/mol. The summed E-state index contributed by atoms with van der Waals surface area (Å²) in [6.07, 6.45) is 10.6. The lowest BCUT2D eigenvalue weighted by Crippen LogP contribution is -1.95. The standard InChI is InChI=1S/C6H14.C4H8O2.C3H4N2.CH4O.H2O/c1-3-5-6-4-2;1-3-6-4(2)5;1-2-5-3-4-1;1-2;/h3-6H2,1-2H3;3H2,1-2H3;1-3H,(H,4,5);2H,1H3;1H2. The van der Waals surface area contributed by atoms with Crippen LogP contribution in [0.3, 0.4) is 0 Å². The van der Waals surface area contributed by atoms with Gasteiger partial charge in [0, 0.05) is 26.4 Å². The first-order valence-corrected chi connectivity index (χ1v) is 6.69. The van der Waals surface area contributed by atoms with E-state index in [1.807, 2.05) is 0 Å². The highest BCUT2D eigenvalue weighted by atomic mass is 16.5. The Labute approximate surface area is 122 Å².